The third kappa shape index (κ3) is 3.02. The zero-order valence-electron chi connectivity index (χ0n) is 24.6. The Bertz CT molecular complexity index is 1300. The molecule has 0 aromatic carbocycles. The van der Waals surface area contributed by atoms with Gasteiger partial charge in [-0.05, 0) is 50.5 Å². The minimum Gasteiger partial charge on any atom is -0.461 e. The van der Waals surface area contributed by atoms with E-state index in [1.165, 1.54) is 12.5 Å². The molecule has 6 aliphatic rings. The van der Waals surface area contributed by atoms with E-state index in [9.17, 15) is 19.5 Å². The molecule has 212 valence electrons. The topological polar surface area (TPSA) is 99.1 Å². The molecule has 6 rings (SSSR count). The van der Waals surface area contributed by atoms with Crippen molar-refractivity contribution in [2.45, 2.75) is 99.1 Å². The van der Waals surface area contributed by atoms with Crippen LogP contribution < -0.4 is 0 Å². The van der Waals surface area contributed by atoms with E-state index in [4.69, 9.17) is 14.5 Å². The Hall–Kier alpha value is -2.09. The summed E-state index contributed by atoms with van der Waals surface area (Å²) in [6.07, 6.45) is 2.65. The normalized spacial score (nSPS) is 46.1. The van der Waals surface area contributed by atoms with E-state index in [-0.39, 0.29) is 53.5 Å². The molecule has 39 heavy (non-hydrogen) atoms. The second kappa shape index (κ2) is 8.01. The summed E-state index contributed by atoms with van der Waals surface area (Å²) < 4.78 is 6.23. The van der Waals surface area contributed by atoms with Crippen molar-refractivity contribution in [2.75, 3.05) is 0 Å². The molecule has 0 amide bonds. The Morgan fingerprint density at radius 1 is 1.13 bits per heavy atom. The number of esters is 1. The third-order valence-electron chi connectivity index (χ3n) is 11.5. The van der Waals surface area contributed by atoms with Gasteiger partial charge in [-0.3, -0.25) is 14.4 Å². The van der Waals surface area contributed by atoms with Crippen LogP contribution in [0.1, 0.15) is 81.6 Å². The number of aliphatic hydroxyl groups is 1. The SMILES string of the molecule is CC(=O)O[C@H]1[C@H]2C(C)=C3C[C@@H](C(C)C)C(=O)C[C@@H](C)[C@]31[C@]1(C)C3=C(C(=O)[C@H]21)[C@H](C)C[C@]1(O)OOC(C)(C)C1=C3. The number of carbonyl (C=O) groups excluding carboxylic acids is 3. The zero-order chi connectivity index (χ0) is 28.6. The number of rotatable bonds is 2. The summed E-state index contributed by atoms with van der Waals surface area (Å²) in [5.41, 5.74) is 2.21. The fourth-order valence-electron chi connectivity index (χ4n) is 10.1. The van der Waals surface area contributed by atoms with Crippen LogP contribution in [0.3, 0.4) is 0 Å². The first-order chi connectivity index (χ1) is 18.0. The Balaban J connectivity index is 1.66. The number of hydrogen-bond acceptors (Lipinski definition) is 7. The predicted molar refractivity (Wildman–Crippen MR) is 143 cm³/mol. The predicted octanol–water partition coefficient (Wildman–Crippen LogP) is 5.03. The summed E-state index contributed by atoms with van der Waals surface area (Å²) in [7, 11) is 0. The quantitative estimate of drug-likeness (QED) is 0.299. The van der Waals surface area contributed by atoms with Gasteiger partial charge in [0.05, 0.1) is 0 Å². The number of Topliss-reactive ketones (excluding diaryl/α,β-unsaturated/α-hetero) is 2. The van der Waals surface area contributed by atoms with E-state index in [1.807, 2.05) is 26.8 Å². The van der Waals surface area contributed by atoms with Gasteiger partial charge in [0.2, 0.25) is 5.79 Å². The lowest BCUT2D eigenvalue weighted by atomic mass is 9.51. The van der Waals surface area contributed by atoms with Crippen molar-refractivity contribution >= 4 is 17.5 Å². The standard InChI is InChI=1S/C32H42O7/c1-14(2)19-11-20-17(5)25-26-27(35)24-15(3)13-31(36)23(29(7,8)38-39-31)12-21(24)30(26,9)32(20,16(4)10-22(19)34)28(25)37-18(6)33/h12,14-16,19,25-26,28,36H,10-11,13H2,1-9H3/t15-,16-,19+,25+,26+,28+,30-,31+,32+/m1/s1. The van der Waals surface area contributed by atoms with Crippen molar-refractivity contribution in [2.24, 2.45) is 46.3 Å². The van der Waals surface area contributed by atoms with Crippen molar-refractivity contribution in [3.8, 4) is 0 Å². The Kier molecular flexibility index (Phi) is 5.57. The highest BCUT2D eigenvalue weighted by atomic mass is 17.2. The Morgan fingerprint density at radius 3 is 2.41 bits per heavy atom. The van der Waals surface area contributed by atoms with Gasteiger partial charge in [0, 0.05) is 59.5 Å². The molecule has 2 bridgehead atoms. The van der Waals surface area contributed by atoms with Crippen LogP contribution in [0.2, 0.25) is 0 Å². The first kappa shape index (κ1) is 27.1. The number of carbonyl (C=O) groups is 3. The summed E-state index contributed by atoms with van der Waals surface area (Å²) in [6.45, 7) is 17.7. The molecule has 0 radical (unpaired) electrons. The smallest absolute Gasteiger partial charge is 0.302 e. The first-order valence-corrected chi connectivity index (χ1v) is 14.5. The van der Waals surface area contributed by atoms with Crippen molar-refractivity contribution in [1.29, 1.82) is 0 Å². The second-order valence-corrected chi connectivity index (χ2v) is 14.2. The maximum absolute atomic E-state index is 14.6. The largest absolute Gasteiger partial charge is 0.461 e. The van der Waals surface area contributed by atoms with Gasteiger partial charge in [0.25, 0.3) is 0 Å². The van der Waals surface area contributed by atoms with Crippen LogP contribution >= 0.6 is 0 Å². The molecule has 0 aromatic heterocycles. The van der Waals surface area contributed by atoms with E-state index in [0.717, 1.165) is 16.7 Å². The molecule has 1 N–H and O–H groups in total. The van der Waals surface area contributed by atoms with Crippen LogP contribution in [0.5, 0.6) is 0 Å². The average molecular weight is 539 g/mol. The fraction of sp³-hybridized carbons (Fsp3) is 0.719. The maximum Gasteiger partial charge on any atom is 0.302 e. The monoisotopic (exact) mass is 538 g/mol. The van der Waals surface area contributed by atoms with Gasteiger partial charge in [0.1, 0.15) is 17.5 Å². The Morgan fingerprint density at radius 2 is 1.79 bits per heavy atom. The highest BCUT2D eigenvalue weighted by molar-refractivity contribution is 6.05. The van der Waals surface area contributed by atoms with Gasteiger partial charge in [-0.15, -0.1) is 0 Å². The average Bonchev–Trinajstić information content (AvgIpc) is 3.28. The Labute approximate surface area is 230 Å². The second-order valence-electron chi connectivity index (χ2n) is 14.2. The minimum absolute atomic E-state index is 0.0692. The van der Waals surface area contributed by atoms with Gasteiger partial charge in [0.15, 0.2) is 5.78 Å². The molecule has 0 aromatic rings. The lowest BCUT2D eigenvalue weighted by Crippen LogP contribution is -2.51. The zero-order valence-corrected chi connectivity index (χ0v) is 24.6. The van der Waals surface area contributed by atoms with E-state index in [2.05, 4.69) is 34.6 Å². The van der Waals surface area contributed by atoms with E-state index in [0.29, 0.717) is 18.4 Å². The maximum atomic E-state index is 14.6. The van der Waals surface area contributed by atoms with Gasteiger partial charge in [-0.2, -0.15) is 4.89 Å². The number of ketones is 2. The number of allylic oxidation sites excluding steroid dienone is 3. The molecule has 3 fully saturated rings. The summed E-state index contributed by atoms with van der Waals surface area (Å²) in [6, 6.07) is 0. The molecule has 1 spiro atoms. The van der Waals surface area contributed by atoms with Crippen LogP contribution in [-0.2, 0) is 28.9 Å². The van der Waals surface area contributed by atoms with Gasteiger partial charge in [-0.1, -0.05) is 51.8 Å². The first-order valence-electron chi connectivity index (χ1n) is 14.5. The number of ether oxygens (including phenoxy) is 1. The molecule has 5 aliphatic carbocycles. The summed E-state index contributed by atoms with van der Waals surface area (Å²) >= 11 is 0. The molecular formula is C32H42O7. The fourth-order valence-corrected chi connectivity index (χ4v) is 10.1. The molecular weight excluding hydrogens is 496 g/mol. The molecule has 9 atom stereocenters. The minimum atomic E-state index is -1.63. The van der Waals surface area contributed by atoms with Crippen molar-refractivity contribution in [3.63, 3.8) is 0 Å². The van der Waals surface area contributed by atoms with Crippen LogP contribution in [0.25, 0.3) is 0 Å². The molecule has 1 saturated heterocycles. The molecule has 2 saturated carbocycles. The van der Waals surface area contributed by atoms with Crippen LogP contribution in [0, 0.1) is 46.3 Å². The van der Waals surface area contributed by atoms with Crippen LogP contribution in [-0.4, -0.2) is 40.1 Å². The van der Waals surface area contributed by atoms with E-state index in [1.54, 1.807) is 0 Å². The van der Waals surface area contributed by atoms with Crippen molar-refractivity contribution in [1.82, 2.24) is 0 Å². The van der Waals surface area contributed by atoms with Crippen LogP contribution in [0.4, 0.5) is 0 Å². The molecule has 7 nitrogen and oxygen atoms in total. The van der Waals surface area contributed by atoms with E-state index < -0.39 is 34.2 Å². The summed E-state index contributed by atoms with van der Waals surface area (Å²) in [4.78, 5) is 52.0. The highest BCUT2D eigenvalue weighted by Crippen LogP contribution is 2.79. The van der Waals surface area contributed by atoms with E-state index >= 15 is 0 Å². The lowest BCUT2D eigenvalue weighted by Gasteiger charge is -2.52. The third-order valence-corrected chi connectivity index (χ3v) is 11.5. The number of hydrogen-bond donors (Lipinski definition) is 1. The molecule has 1 heterocycles. The van der Waals surface area contributed by atoms with Gasteiger partial charge >= 0.3 is 5.97 Å². The summed E-state index contributed by atoms with van der Waals surface area (Å²) in [5, 5.41) is 11.6. The number of fused-ring (bicyclic) bond motifs is 5. The van der Waals surface area contributed by atoms with Crippen molar-refractivity contribution in [3.05, 3.63) is 33.9 Å². The lowest BCUT2D eigenvalue weighted by molar-refractivity contribution is -0.390. The van der Waals surface area contributed by atoms with Gasteiger partial charge in [-0.25, -0.2) is 4.89 Å². The molecule has 7 heteroatoms. The van der Waals surface area contributed by atoms with Crippen molar-refractivity contribution < 1.29 is 34.0 Å². The highest BCUT2D eigenvalue weighted by Gasteiger charge is 2.80. The summed E-state index contributed by atoms with van der Waals surface area (Å²) in [5.74, 6) is -2.70. The van der Waals surface area contributed by atoms with Crippen LogP contribution in [0.15, 0.2) is 33.9 Å². The molecule has 0 unspecified atom stereocenters. The molecule has 1 aliphatic heterocycles. The van der Waals surface area contributed by atoms with Gasteiger partial charge < -0.3 is 9.84 Å².